The van der Waals surface area contributed by atoms with Crippen molar-refractivity contribution in [3.8, 4) is 0 Å². The van der Waals surface area contributed by atoms with Crippen molar-refractivity contribution in [2.75, 3.05) is 24.5 Å². The van der Waals surface area contributed by atoms with Gasteiger partial charge in [-0.15, -0.1) is 24.0 Å². The number of guanidine groups is 1. The van der Waals surface area contributed by atoms with E-state index in [1.807, 2.05) is 43.0 Å². The number of rotatable bonds is 8. The molecule has 0 unspecified atom stereocenters. The van der Waals surface area contributed by atoms with Crippen LogP contribution < -0.4 is 15.5 Å². The zero-order valence-corrected chi connectivity index (χ0v) is 19.3. The van der Waals surface area contributed by atoms with Gasteiger partial charge in [0, 0.05) is 38.2 Å². The predicted octanol–water partition coefficient (Wildman–Crippen LogP) is 2.81. The molecule has 1 aromatic heterocycles. The van der Waals surface area contributed by atoms with Crippen molar-refractivity contribution in [3.05, 3.63) is 41.5 Å². The van der Waals surface area contributed by atoms with Gasteiger partial charge in [0.15, 0.2) is 11.8 Å². The topological polar surface area (TPSA) is 95.7 Å². The molecule has 158 valence electrons. The van der Waals surface area contributed by atoms with Crippen LogP contribution in [0.3, 0.4) is 0 Å². The largest absolute Gasteiger partial charge is 0.357 e. The fraction of sp³-hybridized carbons (Fsp3) is 0.500. The van der Waals surface area contributed by atoms with Crippen LogP contribution in [-0.4, -0.2) is 41.6 Å². The summed E-state index contributed by atoms with van der Waals surface area (Å²) >= 11 is 0. The molecule has 9 heteroatoms. The van der Waals surface area contributed by atoms with Gasteiger partial charge in [0.1, 0.15) is 0 Å². The molecule has 0 saturated carbocycles. The number of hydrogen-bond donors (Lipinski definition) is 2. The maximum atomic E-state index is 11.8. The Kier molecular flexibility index (Phi) is 9.36. The lowest BCUT2D eigenvalue weighted by Crippen LogP contribution is -2.37. The van der Waals surface area contributed by atoms with Gasteiger partial charge in [0.25, 0.3) is 0 Å². The number of nitrogens with one attached hydrogen (secondary N) is 2. The Balaban J connectivity index is 0.00000300. The summed E-state index contributed by atoms with van der Waals surface area (Å²) in [6.07, 6.45) is 3.21. The van der Waals surface area contributed by atoms with Crippen molar-refractivity contribution in [2.45, 2.75) is 46.1 Å². The number of amides is 1. The van der Waals surface area contributed by atoms with Crippen molar-refractivity contribution >= 4 is 41.5 Å². The molecule has 0 aliphatic carbocycles. The highest BCUT2D eigenvalue weighted by Gasteiger charge is 2.21. The molecule has 0 radical (unpaired) electrons. The maximum absolute atomic E-state index is 11.8. The number of aromatic nitrogens is 2. The van der Waals surface area contributed by atoms with E-state index in [1.54, 1.807) is 0 Å². The highest BCUT2D eigenvalue weighted by atomic mass is 127. The molecule has 1 fully saturated rings. The predicted molar refractivity (Wildman–Crippen MR) is 124 cm³/mol. The molecule has 1 aromatic carbocycles. The van der Waals surface area contributed by atoms with Crippen LogP contribution in [0.2, 0.25) is 0 Å². The fourth-order valence-electron chi connectivity index (χ4n) is 3.10. The van der Waals surface area contributed by atoms with Crippen LogP contribution in [0.4, 0.5) is 5.69 Å². The summed E-state index contributed by atoms with van der Waals surface area (Å²) in [6.45, 7) is 6.81. The van der Waals surface area contributed by atoms with Crippen LogP contribution >= 0.6 is 24.0 Å². The van der Waals surface area contributed by atoms with Crippen molar-refractivity contribution < 1.29 is 9.32 Å². The van der Waals surface area contributed by atoms with Crippen LogP contribution in [0, 0.1) is 6.92 Å². The zero-order valence-electron chi connectivity index (χ0n) is 17.0. The number of nitrogens with zero attached hydrogens (tertiary/aromatic N) is 4. The van der Waals surface area contributed by atoms with E-state index < -0.39 is 0 Å². The van der Waals surface area contributed by atoms with E-state index in [-0.39, 0.29) is 29.9 Å². The van der Waals surface area contributed by atoms with Gasteiger partial charge in [-0.2, -0.15) is 4.98 Å². The Morgan fingerprint density at radius 3 is 2.69 bits per heavy atom. The van der Waals surface area contributed by atoms with E-state index in [9.17, 15) is 4.79 Å². The van der Waals surface area contributed by atoms with E-state index in [1.165, 1.54) is 0 Å². The van der Waals surface area contributed by atoms with Gasteiger partial charge in [-0.25, -0.2) is 4.99 Å². The highest BCUT2D eigenvalue weighted by Crippen LogP contribution is 2.21. The molecular formula is C20H29IN6O2. The monoisotopic (exact) mass is 512 g/mol. The van der Waals surface area contributed by atoms with Gasteiger partial charge in [-0.05, 0) is 44.4 Å². The number of hydrogen-bond acceptors (Lipinski definition) is 5. The van der Waals surface area contributed by atoms with Crippen LogP contribution in [0.25, 0.3) is 0 Å². The first-order valence-electron chi connectivity index (χ1n) is 9.86. The van der Waals surface area contributed by atoms with Crippen LogP contribution in [-0.2, 0) is 17.8 Å². The minimum absolute atomic E-state index is 0. The lowest BCUT2D eigenvalue weighted by molar-refractivity contribution is -0.117. The number of benzene rings is 1. The Labute approximate surface area is 188 Å². The summed E-state index contributed by atoms with van der Waals surface area (Å²) < 4.78 is 5.12. The molecule has 1 saturated heterocycles. The summed E-state index contributed by atoms with van der Waals surface area (Å²) in [5.74, 6) is 2.32. The summed E-state index contributed by atoms with van der Waals surface area (Å²) in [4.78, 5) is 22.5. The zero-order chi connectivity index (χ0) is 19.8. The van der Waals surface area contributed by atoms with E-state index in [0.717, 1.165) is 56.1 Å². The third kappa shape index (κ3) is 6.98. The van der Waals surface area contributed by atoms with Gasteiger partial charge in [-0.1, -0.05) is 17.3 Å². The standard InChI is InChI=1S/C20H28N6O2.HI/c1-3-21-20(22-12-4-6-18-24-15(2)25-28-18)23-14-16-8-10-17(11-9-16)26-13-5-7-19(26)27;/h8-11H,3-7,12-14H2,1-2H3,(H2,21,22,23);1H. The van der Waals surface area contributed by atoms with E-state index in [0.29, 0.717) is 24.7 Å². The highest BCUT2D eigenvalue weighted by molar-refractivity contribution is 14.0. The smallest absolute Gasteiger partial charge is 0.227 e. The number of aliphatic imine (C=N–C) groups is 1. The summed E-state index contributed by atoms with van der Waals surface area (Å²) in [6, 6.07) is 8.07. The average molecular weight is 512 g/mol. The number of halogens is 1. The normalized spacial score (nSPS) is 14.1. The number of carbonyl (C=O) groups is 1. The molecule has 2 N–H and O–H groups in total. The number of anilines is 1. The minimum atomic E-state index is 0. The molecular weight excluding hydrogens is 483 g/mol. The van der Waals surface area contributed by atoms with Crippen molar-refractivity contribution in [1.29, 1.82) is 0 Å². The first kappa shape index (κ1) is 23.1. The van der Waals surface area contributed by atoms with Crippen molar-refractivity contribution in [1.82, 2.24) is 20.8 Å². The van der Waals surface area contributed by atoms with Gasteiger partial charge < -0.3 is 20.1 Å². The quantitative estimate of drug-likeness (QED) is 0.245. The summed E-state index contributed by atoms with van der Waals surface area (Å²) in [7, 11) is 0. The van der Waals surface area contributed by atoms with Crippen molar-refractivity contribution in [3.63, 3.8) is 0 Å². The second kappa shape index (κ2) is 11.7. The summed E-state index contributed by atoms with van der Waals surface area (Å²) in [5, 5.41) is 10.4. The Bertz CT molecular complexity index is 806. The molecule has 8 nitrogen and oxygen atoms in total. The molecule has 29 heavy (non-hydrogen) atoms. The maximum Gasteiger partial charge on any atom is 0.227 e. The molecule has 0 atom stereocenters. The third-order valence-corrected chi connectivity index (χ3v) is 4.51. The molecule has 0 bridgehead atoms. The van der Waals surface area contributed by atoms with Crippen molar-refractivity contribution in [2.24, 2.45) is 4.99 Å². The number of carbonyl (C=O) groups excluding carboxylic acids is 1. The molecule has 2 heterocycles. The first-order valence-corrected chi connectivity index (χ1v) is 9.86. The Morgan fingerprint density at radius 1 is 1.28 bits per heavy atom. The SMILES string of the molecule is CCNC(=NCc1ccc(N2CCCC2=O)cc1)NCCCc1nc(C)no1.I. The lowest BCUT2D eigenvalue weighted by Gasteiger charge is -2.15. The van der Waals surface area contributed by atoms with Gasteiger partial charge in [-0.3, -0.25) is 4.79 Å². The van der Waals surface area contributed by atoms with Crippen LogP contribution in [0.1, 0.15) is 43.5 Å². The summed E-state index contributed by atoms with van der Waals surface area (Å²) in [5.41, 5.74) is 2.07. The third-order valence-electron chi connectivity index (χ3n) is 4.51. The van der Waals surface area contributed by atoms with E-state index in [2.05, 4.69) is 25.8 Å². The van der Waals surface area contributed by atoms with Gasteiger partial charge >= 0.3 is 0 Å². The first-order chi connectivity index (χ1) is 13.7. The lowest BCUT2D eigenvalue weighted by atomic mass is 10.2. The Morgan fingerprint density at radius 2 is 2.07 bits per heavy atom. The second-order valence-corrected chi connectivity index (χ2v) is 6.78. The van der Waals surface area contributed by atoms with Gasteiger partial charge in [0.2, 0.25) is 11.8 Å². The van der Waals surface area contributed by atoms with Crippen LogP contribution in [0.15, 0.2) is 33.8 Å². The minimum Gasteiger partial charge on any atom is -0.357 e. The molecule has 0 spiro atoms. The Hall–Kier alpha value is -2.17. The number of aryl methyl sites for hydroxylation is 2. The van der Waals surface area contributed by atoms with E-state index >= 15 is 0 Å². The molecule has 2 aromatic rings. The fourth-order valence-corrected chi connectivity index (χ4v) is 3.10. The second-order valence-electron chi connectivity index (χ2n) is 6.78. The molecule has 1 aliphatic rings. The molecule has 1 amide bonds. The molecule has 1 aliphatic heterocycles. The van der Waals surface area contributed by atoms with Gasteiger partial charge in [0.05, 0.1) is 6.54 Å². The average Bonchev–Trinajstić information content (AvgIpc) is 3.31. The molecule has 3 rings (SSSR count). The van der Waals surface area contributed by atoms with E-state index in [4.69, 9.17) is 4.52 Å². The van der Waals surface area contributed by atoms with Crippen LogP contribution in [0.5, 0.6) is 0 Å².